The first-order valence-corrected chi connectivity index (χ1v) is 16.4. The van der Waals surface area contributed by atoms with Crippen molar-refractivity contribution in [3.8, 4) is 0 Å². The van der Waals surface area contributed by atoms with Crippen LogP contribution < -0.4 is 8.90 Å². The monoisotopic (exact) mass is 355 g/mol. The van der Waals surface area contributed by atoms with Crippen molar-refractivity contribution < 1.29 is 9.90 Å². The van der Waals surface area contributed by atoms with Crippen LogP contribution >= 0.6 is 0 Å². The van der Waals surface area contributed by atoms with Crippen LogP contribution in [-0.2, 0) is 5.54 Å². The van der Waals surface area contributed by atoms with Crippen LogP contribution in [0, 0.1) is 0 Å². The van der Waals surface area contributed by atoms with Crippen molar-refractivity contribution in [1.82, 2.24) is 5.32 Å². The third-order valence-electron chi connectivity index (χ3n) is 3.86. The zero-order chi connectivity index (χ0) is 13.4. The van der Waals surface area contributed by atoms with Crippen LogP contribution in [0.3, 0.4) is 0 Å². The summed E-state index contributed by atoms with van der Waals surface area (Å²) in [5, 5.41) is 11.7. The van der Waals surface area contributed by atoms with Gasteiger partial charge in [0.1, 0.15) is 0 Å². The number of carbonyl (C=O) groups is 1. The molecule has 1 amide bonds. The summed E-state index contributed by atoms with van der Waals surface area (Å²) in [4.78, 5) is 18.1. The quantitative estimate of drug-likeness (QED) is 0.821. The topological polar surface area (TPSA) is 49.3 Å². The fourth-order valence-corrected chi connectivity index (χ4v) is 5.84. The molecule has 0 radical (unpaired) electrons. The van der Waals surface area contributed by atoms with Gasteiger partial charge in [0.15, 0.2) is 0 Å². The van der Waals surface area contributed by atoms with Crippen LogP contribution in [0.25, 0.3) is 0 Å². The number of hydrogen-bond donors (Lipinski definition) is 2. The molecule has 0 aromatic heterocycles. The van der Waals surface area contributed by atoms with Gasteiger partial charge in [-0.2, -0.15) is 0 Å². The first kappa shape index (κ1) is 13.7. The van der Waals surface area contributed by atoms with E-state index < -0.39 is 24.5 Å². The molecular formula is C14H21NO2Sn. The summed E-state index contributed by atoms with van der Waals surface area (Å²) in [5.74, 6) is 0. The Kier molecular flexibility index (Phi) is 3.62. The van der Waals surface area contributed by atoms with Crippen molar-refractivity contribution in [3.63, 3.8) is 0 Å². The van der Waals surface area contributed by atoms with E-state index in [2.05, 4.69) is 44.4 Å². The summed E-state index contributed by atoms with van der Waals surface area (Å²) in [6.45, 7) is 0. The number of benzene rings is 1. The summed E-state index contributed by atoms with van der Waals surface area (Å²) >= 11 is -2.00. The summed E-state index contributed by atoms with van der Waals surface area (Å²) in [6, 6.07) is 8.64. The van der Waals surface area contributed by atoms with E-state index in [1.54, 1.807) is 0 Å². The molecule has 0 aliphatic heterocycles. The van der Waals surface area contributed by atoms with Crippen LogP contribution in [0.1, 0.15) is 24.8 Å². The Morgan fingerprint density at radius 1 is 1.22 bits per heavy atom. The Hall–Kier alpha value is -0.711. The van der Waals surface area contributed by atoms with E-state index in [4.69, 9.17) is 5.11 Å². The SMILES string of the molecule is [CH3][Sn]([CH3])([CH3])[c]1ccc(C2(NC(=O)O)CCC2)cc1. The summed E-state index contributed by atoms with van der Waals surface area (Å²) in [6.07, 6.45) is 2.00. The zero-order valence-corrected chi connectivity index (χ0v) is 14.1. The molecule has 2 rings (SSSR count). The maximum atomic E-state index is 10.9. The molecule has 98 valence electrons. The second kappa shape index (κ2) is 4.76. The zero-order valence-electron chi connectivity index (χ0n) is 11.3. The predicted molar refractivity (Wildman–Crippen MR) is 76.1 cm³/mol. The van der Waals surface area contributed by atoms with Crippen LogP contribution in [0.2, 0.25) is 14.8 Å². The van der Waals surface area contributed by atoms with Crippen molar-refractivity contribution in [2.45, 2.75) is 39.6 Å². The molecule has 0 saturated heterocycles. The number of amides is 1. The van der Waals surface area contributed by atoms with Crippen LogP contribution in [0.4, 0.5) is 4.79 Å². The molecule has 1 saturated carbocycles. The molecule has 4 heteroatoms. The van der Waals surface area contributed by atoms with Gasteiger partial charge in [0.2, 0.25) is 0 Å². The van der Waals surface area contributed by atoms with Crippen molar-refractivity contribution in [2.24, 2.45) is 0 Å². The average Bonchev–Trinajstić information content (AvgIpc) is 2.22. The molecule has 3 nitrogen and oxygen atoms in total. The first-order chi connectivity index (χ1) is 8.33. The van der Waals surface area contributed by atoms with E-state index in [9.17, 15) is 4.79 Å². The third kappa shape index (κ3) is 2.65. The van der Waals surface area contributed by atoms with E-state index in [1.165, 1.54) is 3.58 Å². The van der Waals surface area contributed by atoms with E-state index in [-0.39, 0.29) is 5.54 Å². The Morgan fingerprint density at radius 3 is 2.11 bits per heavy atom. The van der Waals surface area contributed by atoms with Gasteiger partial charge in [-0.15, -0.1) is 0 Å². The predicted octanol–water partition coefficient (Wildman–Crippen LogP) is 2.88. The van der Waals surface area contributed by atoms with Gasteiger partial charge in [0.05, 0.1) is 0 Å². The normalized spacial score (nSPS) is 17.9. The van der Waals surface area contributed by atoms with E-state index >= 15 is 0 Å². The first-order valence-electron chi connectivity index (χ1n) is 6.46. The van der Waals surface area contributed by atoms with Gasteiger partial charge < -0.3 is 0 Å². The standard InChI is InChI=1S/C11H12NO2.3CH3.Sn/c13-10(14)12-11(7-4-8-11)9-5-2-1-3-6-9;;;;/h2-3,5-6,12H,4,7-8H2,(H,13,14);3*1H3;. The molecule has 2 N–H and O–H groups in total. The fraction of sp³-hybridized carbons (Fsp3) is 0.500. The van der Waals surface area contributed by atoms with Gasteiger partial charge in [-0.05, 0) is 0 Å². The molecule has 18 heavy (non-hydrogen) atoms. The van der Waals surface area contributed by atoms with Gasteiger partial charge in [-0.1, -0.05) is 0 Å². The number of nitrogens with one attached hydrogen (secondary N) is 1. The van der Waals surface area contributed by atoms with Crippen LogP contribution in [-0.4, -0.2) is 29.6 Å². The molecule has 0 bridgehead atoms. The Bertz CT molecular complexity index is 444. The second-order valence-electron chi connectivity index (χ2n) is 6.19. The maximum absolute atomic E-state index is 10.9. The van der Waals surface area contributed by atoms with Crippen molar-refractivity contribution in [3.05, 3.63) is 29.8 Å². The number of carboxylic acid groups (broad SMARTS) is 1. The van der Waals surface area contributed by atoms with Crippen LogP contribution in [0.15, 0.2) is 24.3 Å². The molecule has 0 unspecified atom stereocenters. The molecule has 0 spiro atoms. The Balaban J connectivity index is 2.25. The van der Waals surface area contributed by atoms with Crippen LogP contribution in [0.5, 0.6) is 0 Å². The summed E-state index contributed by atoms with van der Waals surface area (Å²) in [5.41, 5.74) is 0.799. The summed E-state index contributed by atoms with van der Waals surface area (Å²) < 4.78 is 1.48. The molecule has 0 atom stereocenters. The minimum absolute atomic E-state index is 0.322. The molecule has 1 aromatic rings. The summed E-state index contributed by atoms with van der Waals surface area (Å²) in [7, 11) is 0. The molecule has 1 aliphatic carbocycles. The van der Waals surface area contributed by atoms with Crippen molar-refractivity contribution in [1.29, 1.82) is 0 Å². The van der Waals surface area contributed by atoms with Gasteiger partial charge in [-0.3, -0.25) is 0 Å². The van der Waals surface area contributed by atoms with E-state index in [0.29, 0.717) is 0 Å². The average molecular weight is 354 g/mol. The van der Waals surface area contributed by atoms with Gasteiger partial charge in [0, 0.05) is 0 Å². The van der Waals surface area contributed by atoms with Gasteiger partial charge >= 0.3 is 113 Å². The minimum atomic E-state index is -2.00. The van der Waals surface area contributed by atoms with Crippen molar-refractivity contribution in [2.75, 3.05) is 0 Å². The van der Waals surface area contributed by atoms with E-state index in [1.807, 2.05) is 0 Å². The third-order valence-corrected chi connectivity index (χ3v) is 9.75. The number of hydrogen-bond acceptors (Lipinski definition) is 1. The Labute approximate surface area is 112 Å². The molecular weight excluding hydrogens is 333 g/mol. The van der Waals surface area contributed by atoms with Gasteiger partial charge in [0.25, 0.3) is 0 Å². The van der Waals surface area contributed by atoms with Gasteiger partial charge in [-0.25, -0.2) is 0 Å². The molecule has 1 aliphatic rings. The fourth-order valence-electron chi connectivity index (χ4n) is 2.51. The molecule has 1 aromatic carbocycles. The second-order valence-corrected chi connectivity index (χ2v) is 20.7. The number of rotatable bonds is 3. The molecule has 0 heterocycles. The van der Waals surface area contributed by atoms with Crippen molar-refractivity contribution >= 4 is 28.0 Å². The van der Waals surface area contributed by atoms with E-state index in [0.717, 1.165) is 24.8 Å². The Morgan fingerprint density at radius 2 is 1.78 bits per heavy atom. The molecule has 1 fully saturated rings.